The topological polar surface area (TPSA) is 64.9 Å². The Hall–Kier alpha value is -1.03. The van der Waals surface area contributed by atoms with Crippen molar-refractivity contribution in [3.8, 4) is 6.07 Å². The molecule has 0 saturated carbocycles. The van der Waals surface area contributed by atoms with Gasteiger partial charge in [0.25, 0.3) is 0 Å². The molecule has 6 heteroatoms. The van der Waals surface area contributed by atoms with E-state index in [9.17, 15) is 10.1 Å². The van der Waals surface area contributed by atoms with Gasteiger partial charge in [0.1, 0.15) is 11.1 Å². The van der Waals surface area contributed by atoms with E-state index in [2.05, 4.69) is 16.7 Å². The molecule has 1 saturated heterocycles. The molecular formula is C15H19N3OS2. The highest BCUT2D eigenvalue weighted by Crippen LogP contribution is 2.37. The van der Waals surface area contributed by atoms with Gasteiger partial charge in [-0.05, 0) is 31.2 Å². The number of nitriles is 1. The minimum atomic E-state index is -0.141. The number of thiophene rings is 1. The smallest absolute Gasteiger partial charge is 0.243 e. The average molecular weight is 321 g/mol. The van der Waals surface area contributed by atoms with Crippen LogP contribution in [0.25, 0.3) is 0 Å². The van der Waals surface area contributed by atoms with Crippen molar-refractivity contribution in [3.63, 3.8) is 0 Å². The van der Waals surface area contributed by atoms with Crippen LogP contribution in [-0.2, 0) is 17.6 Å². The monoisotopic (exact) mass is 321 g/mol. The number of thioether (sulfide) groups is 1. The number of nitrogens with zero attached hydrogens (tertiary/aromatic N) is 1. The number of carbonyl (C=O) groups is 1. The molecule has 21 heavy (non-hydrogen) atoms. The minimum Gasteiger partial charge on any atom is -0.315 e. The van der Waals surface area contributed by atoms with Crippen molar-refractivity contribution in [2.75, 3.05) is 23.4 Å². The molecule has 1 aromatic heterocycles. The first-order valence-corrected chi connectivity index (χ1v) is 9.43. The molecule has 2 N–H and O–H groups in total. The van der Waals surface area contributed by atoms with E-state index in [4.69, 9.17) is 0 Å². The van der Waals surface area contributed by atoms with E-state index < -0.39 is 0 Å². The summed E-state index contributed by atoms with van der Waals surface area (Å²) in [6, 6.07) is 2.17. The minimum absolute atomic E-state index is 0.00453. The maximum Gasteiger partial charge on any atom is 0.243 e. The summed E-state index contributed by atoms with van der Waals surface area (Å²) in [5.74, 6) is 1.86. The number of nitrogens with one attached hydrogen (secondary N) is 2. The lowest BCUT2D eigenvalue weighted by Gasteiger charge is -2.21. The van der Waals surface area contributed by atoms with Gasteiger partial charge in [0.15, 0.2) is 0 Å². The molecule has 4 nitrogen and oxygen atoms in total. The van der Waals surface area contributed by atoms with E-state index in [0.29, 0.717) is 5.56 Å². The highest BCUT2D eigenvalue weighted by atomic mass is 32.2. The summed E-state index contributed by atoms with van der Waals surface area (Å²) in [6.07, 6.45) is 5.58. The Balaban J connectivity index is 1.79. The fraction of sp³-hybridized carbons (Fsp3) is 0.600. The second kappa shape index (κ2) is 6.82. The molecular weight excluding hydrogens is 302 g/mol. The lowest BCUT2D eigenvalue weighted by molar-refractivity contribution is -0.117. The van der Waals surface area contributed by atoms with E-state index in [1.54, 1.807) is 23.1 Å². The van der Waals surface area contributed by atoms with Gasteiger partial charge < -0.3 is 10.6 Å². The standard InChI is InChI=1S/C15H19N3OS2/c16-8-11-10-4-2-1-3-5-13(10)21-15(11)18-14(19)12-9-20-7-6-17-12/h12,17H,1-7,9H2,(H,18,19). The Morgan fingerprint density at radius 2 is 2.19 bits per heavy atom. The van der Waals surface area contributed by atoms with Gasteiger partial charge in [-0.1, -0.05) is 6.42 Å². The zero-order chi connectivity index (χ0) is 14.7. The Bertz CT molecular complexity index is 570. The van der Waals surface area contributed by atoms with Gasteiger partial charge in [0.05, 0.1) is 11.6 Å². The van der Waals surface area contributed by atoms with Gasteiger partial charge in [-0.25, -0.2) is 0 Å². The molecule has 1 fully saturated rings. The molecule has 1 amide bonds. The number of fused-ring (bicyclic) bond motifs is 1. The Kier molecular flexibility index (Phi) is 4.84. The fourth-order valence-electron chi connectivity index (χ4n) is 2.88. The summed E-state index contributed by atoms with van der Waals surface area (Å²) in [6.45, 7) is 0.870. The van der Waals surface area contributed by atoms with Crippen molar-refractivity contribution in [1.29, 1.82) is 5.26 Å². The highest BCUT2D eigenvalue weighted by molar-refractivity contribution is 7.99. The van der Waals surface area contributed by atoms with Gasteiger partial charge in [0.2, 0.25) is 5.91 Å². The van der Waals surface area contributed by atoms with Crippen LogP contribution in [-0.4, -0.2) is 30.0 Å². The lowest BCUT2D eigenvalue weighted by Crippen LogP contribution is -2.46. The molecule has 3 rings (SSSR count). The lowest BCUT2D eigenvalue weighted by atomic mass is 10.1. The van der Waals surface area contributed by atoms with Crippen LogP contribution in [0.1, 0.15) is 35.3 Å². The number of hydrogen-bond donors (Lipinski definition) is 2. The number of carbonyl (C=O) groups excluding carboxylic acids is 1. The zero-order valence-corrected chi connectivity index (χ0v) is 13.5. The molecule has 112 valence electrons. The van der Waals surface area contributed by atoms with Gasteiger partial charge in [-0.3, -0.25) is 4.79 Å². The van der Waals surface area contributed by atoms with Crippen LogP contribution in [0.5, 0.6) is 0 Å². The van der Waals surface area contributed by atoms with E-state index >= 15 is 0 Å². The van der Waals surface area contributed by atoms with Gasteiger partial charge in [-0.2, -0.15) is 17.0 Å². The second-order valence-corrected chi connectivity index (χ2v) is 7.71. The van der Waals surface area contributed by atoms with Crippen LogP contribution >= 0.6 is 23.1 Å². The Morgan fingerprint density at radius 1 is 1.33 bits per heavy atom. The first kappa shape index (κ1) is 14.9. The molecule has 0 spiro atoms. The number of anilines is 1. The number of rotatable bonds is 2. The quantitative estimate of drug-likeness (QED) is 0.822. The predicted molar refractivity (Wildman–Crippen MR) is 88.0 cm³/mol. The SMILES string of the molecule is N#Cc1c(NC(=O)C2CSCCN2)sc2c1CCCCC2. The second-order valence-electron chi connectivity index (χ2n) is 5.45. The molecule has 1 aliphatic carbocycles. The normalized spacial score (nSPS) is 22.0. The van der Waals surface area contributed by atoms with Gasteiger partial charge >= 0.3 is 0 Å². The predicted octanol–water partition coefficient (Wildman–Crippen LogP) is 2.53. The molecule has 2 heterocycles. The third-order valence-corrected chi connectivity index (χ3v) is 6.28. The molecule has 0 bridgehead atoms. The third kappa shape index (κ3) is 3.25. The van der Waals surface area contributed by atoms with Crippen LogP contribution in [0.4, 0.5) is 5.00 Å². The Morgan fingerprint density at radius 3 is 2.95 bits per heavy atom. The van der Waals surface area contributed by atoms with Gasteiger partial charge in [-0.15, -0.1) is 11.3 Å². The molecule has 0 radical (unpaired) electrons. The average Bonchev–Trinajstić information content (AvgIpc) is 2.68. The van der Waals surface area contributed by atoms with Crippen LogP contribution < -0.4 is 10.6 Å². The largest absolute Gasteiger partial charge is 0.315 e. The summed E-state index contributed by atoms with van der Waals surface area (Å²) in [7, 11) is 0. The van der Waals surface area contributed by atoms with E-state index in [-0.39, 0.29) is 11.9 Å². The molecule has 1 aliphatic heterocycles. The van der Waals surface area contributed by atoms with E-state index in [0.717, 1.165) is 42.3 Å². The summed E-state index contributed by atoms with van der Waals surface area (Å²) in [5.41, 5.74) is 1.88. The van der Waals surface area contributed by atoms with E-state index in [1.807, 2.05) is 0 Å². The van der Waals surface area contributed by atoms with Crippen LogP contribution in [0.3, 0.4) is 0 Å². The number of amides is 1. The van der Waals surface area contributed by atoms with Crippen molar-refractivity contribution >= 4 is 34.0 Å². The molecule has 1 unspecified atom stereocenters. The van der Waals surface area contributed by atoms with Crippen molar-refractivity contribution < 1.29 is 4.79 Å². The Labute approximate surface area is 133 Å². The fourth-order valence-corrected chi connectivity index (χ4v) is 5.06. The first-order chi connectivity index (χ1) is 10.3. The van der Waals surface area contributed by atoms with Crippen molar-refractivity contribution in [2.24, 2.45) is 0 Å². The van der Waals surface area contributed by atoms with Crippen molar-refractivity contribution in [2.45, 2.75) is 38.1 Å². The summed E-state index contributed by atoms with van der Waals surface area (Å²) in [4.78, 5) is 13.6. The van der Waals surface area contributed by atoms with Gasteiger partial charge in [0, 0.05) is 22.9 Å². The maximum atomic E-state index is 12.3. The van der Waals surface area contributed by atoms with Crippen LogP contribution in [0.15, 0.2) is 0 Å². The highest BCUT2D eigenvalue weighted by Gasteiger charge is 2.25. The van der Waals surface area contributed by atoms with Crippen LogP contribution in [0, 0.1) is 11.3 Å². The molecule has 2 aliphatic rings. The van der Waals surface area contributed by atoms with Crippen LogP contribution in [0.2, 0.25) is 0 Å². The molecule has 0 aromatic carbocycles. The summed E-state index contributed by atoms with van der Waals surface area (Å²) >= 11 is 3.40. The molecule has 1 aromatic rings. The number of hydrogen-bond acceptors (Lipinski definition) is 5. The zero-order valence-electron chi connectivity index (χ0n) is 11.9. The van der Waals surface area contributed by atoms with E-state index in [1.165, 1.54) is 23.3 Å². The number of aryl methyl sites for hydroxylation is 1. The third-order valence-electron chi connectivity index (χ3n) is 4.01. The first-order valence-electron chi connectivity index (χ1n) is 7.46. The summed E-state index contributed by atoms with van der Waals surface area (Å²) < 4.78 is 0. The van der Waals surface area contributed by atoms with Crippen molar-refractivity contribution in [1.82, 2.24) is 5.32 Å². The van der Waals surface area contributed by atoms with Crippen molar-refractivity contribution in [3.05, 3.63) is 16.0 Å². The summed E-state index contributed by atoms with van der Waals surface area (Å²) in [5, 5.41) is 16.4. The maximum absolute atomic E-state index is 12.3. The molecule has 1 atom stereocenters.